The highest BCUT2D eigenvalue weighted by atomic mass is 32.2. The first kappa shape index (κ1) is 23.5. The van der Waals surface area contributed by atoms with E-state index in [9.17, 15) is 14.9 Å². The van der Waals surface area contributed by atoms with Crippen LogP contribution in [-0.4, -0.2) is 32.4 Å². The molecular formula is C26H18N4O4S2. The van der Waals surface area contributed by atoms with E-state index in [-0.39, 0.29) is 11.6 Å². The van der Waals surface area contributed by atoms with E-state index in [4.69, 9.17) is 4.42 Å². The number of thiazole rings is 1. The largest absolute Gasteiger partial charge is 0.457 e. The summed E-state index contributed by atoms with van der Waals surface area (Å²) >= 11 is 2.65. The molecule has 1 aliphatic rings. The van der Waals surface area contributed by atoms with Gasteiger partial charge in [0, 0.05) is 41.3 Å². The van der Waals surface area contributed by atoms with Gasteiger partial charge in [0.25, 0.3) is 11.6 Å². The Hall–Kier alpha value is -4.28. The van der Waals surface area contributed by atoms with Crippen molar-refractivity contribution in [3.05, 3.63) is 106 Å². The molecule has 36 heavy (non-hydrogen) atoms. The van der Waals surface area contributed by atoms with E-state index < -0.39 is 4.92 Å². The minimum atomic E-state index is -0.451. The van der Waals surface area contributed by atoms with Crippen molar-refractivity contribution in [1.82, 2.24) is 9.88 Å². The lowest BCUT2D eigenvalue weighted by Crippen LogP contribution is -2.29. The Morgan fingerprint density at radius 2 is 1.86 bits per heavy atom. The van der Waals surface area contributed by atoms with Crippen LogP contribution in [0.15, 0.2) is 99.1 Å². The Kier molecular flexibility index (Phi) is 6.61. The number of hydrogen-bond acceptors (Lipinski definition) is 8. The van der Waals surface area contributed by atoms with Crippen molar-refractivity contribution >= 4 is 51.1 Å². The molecule has 8 nitrogen and oxygen atoms in total. The minimum Gasteiger partial charge on any atom is -0.457 e. The topological polar surface area (TPSA) is 102 Å². The number of carbonyl (C=O) groups is 1. The summed E-state index contributed by atoms with van der Waals surface area (Å²) < 4.78 is 5.88. The highest BCUT2D eigenvalue weighted by molar-refractivity contribution is 8.18. The van der Waals surface area contributed by atoms with Crippen LogP contribution in [0.3, 0.4) is 0 Å². The van der Waals surface area contributed by atoms with Crippen molar-refractivity contribution in [3.8, 4) is 22.6 Å². The number of amidine groups is 1. The predicted molar refractivity (Wildman–Crippen MR) is 143 cm³/mol. The average molecular weight is 515 g/mol. The summed E-state index contributed by atoms with van der Waals surface area (Å²) in [6, 6.07) is 19.4. The number of nitro benzene ring substituents is 1. The number of aromatic nitrogens is 1. The molecule has 0 bridgehead atoms. The molecule has 178 valence electrons. The van der Waals surface area contributed by atoms with E-state index >= 15 is 0 Å². The second kappa shape index (κ2) is 10.1. The molecule has 1 fully saturated rings. The Labute approximate surface area is 214 Å². The van der Waals surface area contributed by atoms with Crippen LogP contribution in [0, 0.1) is 10.1 Å². The van der Waals surface area contributed by atoms with Crippen molar-refractivity contribution in [1.29, 1.82) is 0 Å². The summed E-state index contributed by atoms with van der Waals surface area (Å²) in [4.78, 5) is 34.8. The first-order valence-corrected chi connectivity index (χ1v) is 12.5. The number of amides is 1. The Balaban J connectivity index is 1.39. The molecular weight excluding hydrogens is 496 g/mol. The van der Waals surface area contributed by atoms with Gasteiger partial charge in [0.2, 0.25) is 5.13 Å². The molecule has 0 radical (unpaired) electrons. The third-order valence-corrected chi connectivity index (χ3v) is 6.96. The number of carbonyl (C=O) groups excluding carboxylic acids is 1. The summed E-state index contributed by atoms with van der Waals surface area (Å²) in [7, 11) is 0. The average Bonchev–Trinajstić information content (AvgIpc) is 3.62. The lowest BCUT2D eigenvalue weighted by Gasteiger charge is -2.11. The normalized spacial score (nSPS) is 15.7. The Morgan fingerprint density at radius 1 is 1.08 bits per heavy atom. The van der Waals surface area contributed by atoms with Gasteiger partial charge in [-0.25, -0.2) is 4.98 Å². The van der Waals surface area contributed by atoms with Gasteiger partial charge in [0.1, 0.15) is 11.5 Å². The van der Waals surface area contributed by atoms with Gasteiger partial charge in [-0.3, -0.25) is 19.8 Å². The van der Waals surface area contributed by atoms with Crippen molar-refractivity contribution in [2.75, 3.05) is 6.54 Å². The highest BCUT2D eigenvalue weighted by Gasteiger charge is 2.33. The predicted octanol–water partition coefficient (Wildman–Crippen LogP) is 6.77. The second-order valence-electron chi connectivity index (χ2n) is 7.60. The molecule has 10 heteroatoms. The van der Waals surface area contributed by atoms with E-state index in [1.54, 1.807) is 41.3 Å². The fraction of sp³-hybridized carbons (Fsp3) is 0.0385. The minimum absolute atomic E-state index is 0.00541. The van der Waals surface area contributed by atoms with Crippen LogP contribution in [0.4, 0.5) is 10.8 Å². The molecule has 0 unspecified atom stereocenters. The molecule has 1 saturated heterocycles. The zero-order chi connectivity index (χ0) is 25.1. The zero-order valence-corrected chi connectivity index (χ0v) is 20.4. The molecule has 2 aromatic carbocycles. The molecule has 0 aliphatic carbocycles. The van der Waals surface area contributed by atoms with Crippen molar-refractivity contribution in [2.45, 2.75) is 0 Å². The molecule has 1 amide bonds. The first-order chi connectivity index (χ1) is 17.5. The van der Waals surface area contributed by atoms with E-state index in [2.05, 4.69) is 16.6 Å². The summed E-state index contributed by atoms with van der Waals surface area (Å²) in [6.07, 6.45) is 3.31. The number of furan rings is 1. The SMILES string of the molecule is C=CCN1C(=O)/C(=C\c2ccc(-c3ccc([N+](=O)[O-])cc3)o2)S/C1=N/c1nc(-c2ccccc2)cs1. The lowest BCUT2D eigenvalue weighted by atomic mass is 10.1. The second-order valence-corrected chi connectivity index (χ2v) is 9.44. The molecule has 0 saturated carbocycles. The van der Waals surface area contributed by atoms with E-state index in [0.717, 1.165) is 11.3 Å². The van der Waals surface area contributed by atoms with Crippen molar-refractivity contribution in [2.24, 2.45) is 4.99 Å². The number of aliphatic imine (C=N–C) groups is 1. The summed E-state index contributed by atoms with van der Waals surface area (Å²) in [5.74, 6) is 0.826. The maximum absolute atomic E-state index is 13.1. The molecule has 1 aliphatic heterocycles. The van der Waals surface area contributed by atoms with Crippen LogP contribution in [0.2, 0.25) is 0 Å². The van der Waals surface area contributed by atoms with Crippen molar-refractivity contribution in [3.63, 3.8) is 0 Å². The van der Waals surface area contributed by atoms with Gasteiger partial charge in [0.15, 0.2) is 5.17 Å². The number of rotatable bonds is 7. The zero-order valence-electron chi connectivity index (χ0n) is 18.7. The summed E-state index contributed by atoms with van der Waals surface area (Å²) in [5.41, 5.74) is 2.53. The number of nitrogens with zero attached hydrogens (tertiary/aromatic N) is 4. The Morgan fingerprint density at radius 3 is 2.58 bits per heavy atom. The van der Waals surface area contributed by atoms with Gasteiger partial charge >= 0.3 is 0 Å². The van der Waals surface area contributed by atoms with Crippen LogP contribution >= 0.6 is 23.1 Å². The first-order valence-electron chi connectivity index (χ1n) is 10.8. The fourth-order valence-corrected chi connectivity index (χ4v) is 5.21. The maximum atomic E-state index is 13.1. The van der Waals surface area contributed by atoms with E-state index in [1.807, 2.05) is 35.7 Å². The molecule has 4 aromatic rings. The summed E-state index contributed by atoms with van der Waals surface area (Å²) in [5, 5.41) is 13.9. The standard InChI is InChI=1S/C26H18N4O4S2/c1-2-14-29-24(31)23(15-20-12-13-22(34-20)18-8-10-19(11-9-18)30(32)33)36-26(29)28-25-27-21(16-35-25)17-6-4-3-5-7-17/h2-13,15-16H,1,14H2/b23-15+,28-26+. The number of nitro groups is 1. The van der Waals surface area contributed by atoms with Gasteiger partial charge in [0.05, 0.1) is 15.5 Å². The number of benzene rings is 2. The van der Waals surface area contributed by atoms with Crippen molar-refractivity contribution < 1.29 is 14.1 Å². The monoisotopic (exact) mass is 514 g/mol. The molecule has 2 aromatic heterocycles. The third-order valence-electron chi connectivity index (χ3n) is 5.22. The lowest BCUT2D eigenvalue weighted by molar-refractivity contribution is -0.384. The molecule has 5 rings (SSSR count). The van der Waals surface area contributed by atoms with Gasteiger partial charge in [-0.1, -0.05) is 36.4 Å². The van der Waals surface area contributed by atoms with Crippen LogP contribution in [0.1, 0.15) is 5.76 Å². The van der Waals surface area contributed by atoms with Gasteiger partial charge in [-0.15, -0.1) is 17.9 Å². The molecule has 0 N–H and O–H groups in total. The summed E-state index contributed by atoms with van der Waals surface area (Å²) in [6.45, 7) is 4.07. The van der Waals surface area contributed by atoms with Gasteiger partial charge < -0.3 is 4.42 Å². The molecule has 0 atom stereocenters. The fourth-order valence-electron chi connectivity index (χ4n) is 3.48. The van der Waals surface area contributed by atoms with Crippen LogP contribution in [0.25, 0.3) is 28.7 Å². The van der Waals surface area contributed by atoms with Crippen LogP contribution in [0.5, 0.6) is 0 Å². The van der Waals surface area contributed by atoms with Crippen LogP contribution < -0.4 is 0 Å². The van der Waals surface area contributed by atoms with Crippen LogP contribution in [-0.2, 0) is 4.79 Å². The number of non-ortho nitro benzene ring substituents is 1. The van der Waals surface area contributed by atoms with Gasteiger partial charge in [-0.2, -0.15) is 4.99 Å². The smallest absolute Gasteiger partial charge is 0.269 e. The van der Waals surface area contributed by atoms with E-state index in [1.165, 1.54) is 35.2 Å². The quantitative estimate of drug-likeness (QED) is 0.117. The van der Waals surface area contributed by atoms with Gasteiger partial charge in [-0.05, 0) is 36.0 Å². The molecule has 0 spiro atoms. The molecule has 3 heterocycles. The Bertz CT molecular complexity index is 1500. The number of thioether (sulfide) groups is 1. The number of hydrogen-bond donors (Lipinski definition) is 0. The highest BCUT2D eigenvalue weighted by Crippen LogP contribution is 2.36. The third kappa shape index (κ3) is 4.90. The maximum Gasteiger partial charge on any atom is 0.269 e. The van der Waals surface area contributed by atoms with E-state index in [0.29, 0.717) is 38.8 Å².